The van der Waals surface area contributed by atoms with E-state index in [0.29, 0.717) is 0 Å². The van der Waals surface area contributed by atoms with Crippen molar-refractivity contribution in [2.45, 2.75) is 0 Å². The zero-order valence-corrected chi connectivity index (χ0v) is 4.35. The maximum absolute atomic E-state index is 9.56. The molecule has 0 aliphatic rings. The fourth-order valence-corrected chi connectivity index (χ4v) is 0.365. The summed E-state index contributed by atoms with van der Waals surface area (Å²) in [5.74, 6) is 0. The normalized spacial score (nSPS) is 15.1. The standard InChI is InChI=1S/C3H6O3S/c4-2-1-3-7(5)6/h1,3-4H,2H2,(H,5,6)/p-1. The Morgan fingerprint density at radius 1 is 1.86 bits per heavy atom. The molecule has 7 heavy (non-hydrogen) atoms. The molecule has 0 aliphatic heterocycles. The number of aliphatic hydroxyl groups is 1. The molecule has 0 heterocycles. The van der Waals surface area contributed by atoms with E-state index in [1.54, 1.807) is 0 Å². The number of rotatable bonds is 2. The van der Waals surface area contributed by atoms with Crippen molar-refractivity contribution < 1.29 is 13.9 Å². The van der Waals surface area contributed by atoms with Crippen molar-refractivity contribution in [3.05, 3.63) is 11.5 Å². The van der Waals surface area contributed by atoms with E-state index in [1.165, 1.54) is 0 Å². The molecule has 1 unspecified atom stereocenters. The van der Waals surface area contributed by atoms with E-state index < -0.39 is 11.1 Å². The van der Waals surface area contributed by atoms with Gasteiger partial charge in [0.25, 0.3) is 0 Å². The minimum Gasteiger partial charge on any atom is -0.769 e. The Bertz CT molecular complexity index is 88.2. The van der Waals surface area contributed by atoms with E-state index in [0.717, 1.165) is 11.5 Å². The van der Waals surface area contributed by atoms with E-state index in [1.807, 2.05) is 0 Å². The fraction of sp³-hybridized carbons (Fsp3) is 0.333. The van der Waals surface area contributed by atoms with Gasteiger partial charge < -0.3 is 9.66 Å². The Balaban J connectivity index is 3.26. The topological polar surface area (TPSA) is 60.4 Å². The molecular formula is C3H5O3S-. The van der Waals surface area contributed by atoms with Crippen LogP contribution in [0, 0.1) is 0 Å². The Kier molecular flexibility index (Phi) is 3.87. The summed E-state index contributed by atoms with van der Waals surface area (Å²) in [6.45, 7) is -0.228. The molecule has 0 aromatic heterocycles. The van der Waals surface area contributed by atoms with Gasteiger partial charge in [0, 0.05) is 0 Å². The Labute approximate surface area is 44.0 Å². The molecule has 1 atom stereocenters. The molecule has 0 radical (unpaired) electrons. The van der Waals surface area contributed by atoms with Crippen LogP contribution in [0.2, 0.25) is 0 Å². The molecule has 0 saturated heterocycles. The summed E-state index contributed by atoms with van der Waals surface area (Å²) >= 11 is -2.16. The van der Waals surface area contributed by atoms with Crippen molar-refractivity contribution in [3.63, 3.8) is 0 Å². The van der Waals surface area contributed by atoms with Crippen LogP contribution in [0.25, 0.3) is 0 Å². The maximum Gasteiger partial charge on any atom is 0.0620 e. The second kappa shape index (κ2) is 3.98. The highest BCUT2D eigenvalue weighted by atomic mass is 32.2. The van der Waals surface area contributed by atoms with Gasteiger partial charge in [0.05, 0.1) is 6.61 Å². The second-order valence-corrected chi connectivity index (χ2v) is 1.61. The van der Waals surface area contributed by atoms with Crippen LogP contribution in [0.3, 0.4) is 0 Å². The first kappa shape index (κ1) is 6.81. The van der Waals surface area contributed by atoms with Crippen LogP contribution < -0.4 is 0 Å². The first-order chi connectivity index (χ1) is 3.27. The van der Waals surface area contributed by atoms with Gasteiger partial charge in [-0.25, -0.2) is 0 Å². The van der Waals surface area contributed by atoms with Gasteiger partial charge in [-0.05, 0) is 16.5 Å². The van der Waals surface area contributed by atoms with Crippen LogP contribution in [0.1, 0.15) is 0 Å². The highest BCUT2D eigenvalue weighted by Crippen LogP contribution is 1.73. The number of hydrogen-bond donors (Lipinski definition) is 1. The molecule has 0 aromatic rings. The molecular weight excluding hydrogens is 116 g/mol. The lowest BCUT2D eigenvalue weighted by atomic mass is 10.7. The van der Waals surface area contributed by atoms with Gasteiger partial charge in [0.1, 0.15) is 0 Å². The zero-order chi connectivity index (χ0) is 5.70. The average Bonchev–Trinajstić information content (AvgIpc) is 1.61. The first-order valence-corrected chi connectivity index (χ1v) is 2.76. The van der Waals surface area contributed by atoms with Crippen LogP contribution in [0.5, 0.6) is 0 Å². The monoisotopic (exact) mass is 121 g/mol. The van der Waals surface area contributed by atoms with Crippen molar-refractivity contribution in [2.75, 3.05) is 6.61 Å². The Morgan fingerprint density at radius 2 is 2.43 bits per heavy atom. The molecule has 0 saturated carbocycles. The third kappa shape index (κ3) is 5.81. The van der Waals surface area contributed by atoms with Crippen LogP contribution >= 0.6 is 0 Å². The molecule has 0 bridgehead atoms. The predicted octanol–water partition coefficient (Wildman–Crippen LogP) is -0.628. The maximum atomic E-state index is 9.56. The lowest BCUT2D eigenvalue weighted by Gasteiger charge is -1.91. The minimum absolute atomic E-state index is 0.228. The summed E-state index contributed by atoms with van der Waals surface area (Å²) < 4.78 is 19.1. The lowest BCUT2D eigenvalue weighted by molar-refractivity contribution is 0.343. The molecule has 0 aromatic carbocycles. The predicted molar refractivity (Wildman–Crippen MR) is 25.1 cm³/mol. The van der Waals surface area contributed by atoms with Crippen molar-refractivity contribution in [3.8, 4) is 0 Å². The van der Waals surface area contributed by atoms with Gasteiger partial charge in [-0.2, -0.15) is 0 Å². The highest BCUT2D eigenvalue weighted by Gasteiger charge is 1.64. The summed E-state index contributed by atoms with van der Waals surface area (Å²) in [6, 6.07) is 0. The quantitative estimate of drug-likeness (QED) is 0.495. The van der Waals surface area contributed by atoms with E-state index in [-0.39, 0.29) is 6.61 Å². The van der Waals surface area contributed by atoms with Gasteiger partial charge in [-0.15, -0.1) is 0 Å². The number of aliphatic hydroxyl groups excluding tert-OH is 1. The first-order valence-electron chi connectivity index (χ1n) is 1.63. The molecule has 0 amide bonds. The molecule has 0 spiro atoms. The Hall–Kier alpha value is -0.190. The van der Waals surface area contributed by atoms with Crippen LogP contribution in [-0.2, 0) is 11.1 Å². The lowest BCUT2D eigenvalue weighted by Crippen LogP contribution is -1.78. The van der Waals surface area contributed by atoms with Gasteiger partial charge >= 0.3 is 0 Å². The van der Waals surface area contributed by atoms with E-state index in [9.17, 15) is 8.76 Å². The SMILES string of the molecule is O=S([O-])C=CCO. The average molecular weight is 121 g/mol. The molecule has 0 rings (SSSR count). The smallest absolute Gasteiger partial charge is 0.0620 e. The fourth-order valence-electron chi connectivity index (χ4n) is 0.122. The summed E-state index contributed by atoms with van der Waals surface area (Å²) in [5.41, 5.74) is 0. The number of hydrogen-bond acceptors (Lipinski definition) is 3. The third-order valence-corrected chi connectivity index (χ3v) is 0.727. The van der Waals surface area contributed by atoms with E-state index >= 15 is 0 Å². The third-order valence-electron chi connectivity index (χ3n) is 0.313. The molecule has 1 N–H and O–H groups in total. The van der Waals surface area contributed by atoms with Crippen molar-refractivity contribution >= 4 is 11.1 Å². The summed E-state index contributed by atoms with van der Waals surface area (Å²) in [7, 11) is 0. The minimum atomic E-state index is -2.16. The van der Waals surface area contributed by atoms with Crippen LogP contribution in [0.4, 0.5) is 0 Å². The molecule has 4 heteroatoms. The summed E-state index contributed by atoms with van der Waals surface area (Å²) in [4.78, 5) is 0. The van der Waals surface area contributed by atoms with Gasteiger partial charge in [-0.3, -0.25) is 4.21 Å². The molecule has 3 nitrogen and oxygen atoms in total. The van der Waals surface area contributed by atoms with Crippen LogP contribution in [-0.4, -0.2) is 20.5 Å². The molecule has 0 aliphatic carbocycles. The van der Waals surface area contributed by atoms with Gasteiger partial charge in [-0.1, -0.05) is 6.08 Å². The summed E-state index contributed by atoms with van der Waals surface area (Å²) in [6.07, 6.45) is 1.14. The largest absolute Gasteiger partial charge is 0.769 e. The molecule has 0 fully saturated rings. The van der Waals surface area contributed by atoms with Crippen molar-refractivity contribution in [1.29, 1.82) is 0 Å². The van der Waals surface area contributed by atoms with Crippen molar-refractivity contribution in [1.82, 2.24) is 0 Å². The van der Waals surface area contributed by atoms with E-state index in [4.69, 9.17) is 5.11 Å². The highest BCUT2D eigenvalue weighted by molar-refractivity contribution is 7.82. The van der Waals surface area contributed by atoms with Crippen LogP contribution in [0.15, 0.2) is 11.5 Å². The zero-order valence-electron chi connectivity index (χ0n) is 3.53. The van der Waals surface area contributed by atoms with Gasteiger partial charge in [0.15, 0.2) is 0 Å². The second-order valence-electron chi connectivity index (χ2n) is 0.815. The van der Waals surface area contributed by atoms with Crippen molar-refractivity contribution in [2.24, 2.45) is 0 Å². The van der Waals surface area contributed by atoms with Gasteiger partial charge in [0.2, 0.25) is 0 Å². The summed E-state index contributed by atoms with van der Waals surface area (Å²) in [5, 5.41) is 8.84. The Morgan fingerprint density at radius 3 is 2.57 bits per heavy atom. The van der Waals surface area contributed by atoms with E-state index in [2.05, 4.69) is 0 Å². The molecule has 42 valence electrons.